The lowest BCUT2D eigenvalue weighted by molar-refractivity contribution is -0.115. The summed E-state index contributed by atoms with van der Waals surface area (Å²) < 4.78 is 0. The fourth-order valence-electron chi connectivity index (χ4n) is 2.83. The molecule has 0 aliphatic carbocycles. The quantitative estimate of drug-likeness (QED) is 0.912. The molecule has 2 atom stereocenters. The zero-order valence-corrected chi connectivity index (χ0v) is 12.8. The first-order valence-corrected chi connectivity index (χ1v) is 8.08. The van der Waals surface area contributed by atoms with Gasteiger partial charge in [-0.3, -0.25) is 4.79 Å². The predicted octanol–water partition coefficient (Wildman–Crippen LogP) is 2.99. The first kappa shape index (κ1) is 14.1. The van der Waals surface area contributed by atoms with E-state index in [1.165, 1.54) is 5.56 Å². The molecule has 3 rings (SSSR count). The number of thiophene rings is 1. The molecular formula is C16H19N3OS. The largest absolute Gasteiger partial charge is 0.352 e. The number of nitrogens with zero attached hydrogens (tertiary/aromatic N) is 1. The van der Waals surface area contributed by atoms with Crippen LogP contribution in [0.1, 0.15) is 24.9 Å². The van der Waals surface area contributed by atoms with Crippen LogP contribution in [-0.4, -0.2) is 18.5 Å². The van der Waals surface area contributed by atoms with Crippen LogP contribution in [0, 0.1) is 0 Å². The van der Waals surface area contributed by atoms with Gasteiger partial charge in [0, 0.05) is 6.04 Å². The summed E-state index contributed by atoms with van der Waals surface area (Å²) in [5.74, 6) is 0.0113. The Labute approximate surface area is 128 Å². The lowest BCUT2D eigenvalue weighted by atomic mass is 9.97. The molecule has 1 aromatic carbocycles. The van der Waals surface area contributed by atoms with Crippen molar-refractivity contribution in [1.29, 1.82) is 0 Å². The number of anilines is 2. The Balaban J connectivity index is 2.05. The molecule has 1 aliphatic rings. The van der Waals surface area contributed by atoms with E-state index in [4.69, 9.17) is 5.73 Å². The molecule has 0 saturated carbocycles. The van der Waals surface area contributed by atoms with Crippen molar-refractivity contribution >= 4 is 28.6 Å². The highest BCUT2D eigenvalue weighted by Crippen LogP contribution is 2.37. The molecule has 0 saturated heterocycles. The van der Waals surface area contributed by atoms with Crippen LogP contribution in [0.25, 0.3) is 0 Å². The molecule has 1 amide bonds. The van der Waals surface area contributed by atoms with E-state index >= 15 is 0 Å². The molecule has 3 N–H and O–H groups in total. The van der Waals surface area contributed by atoms with Crippen molar-refractivity contribution in [2.75, 3.05) is 16.8 Å². The lowest BCUT2D eigenvalue weighted by Gasteiger charge is -2.39. The number of carbonyl (C=O) groups is 1. The average molecular weight is 301 g/mol. The second-order valence-corrected chi connectivity index (χ2v) is 6.05. The highest BCUT2D eigenvalue weighted by molar-refractivity contribution is 7.08. The number of nitrogens with one attached hydrogen (secondary N) is 1. The van der Waals surface area contributed by atoms with E-state index in [2.05, 4.69) is 34.0 Å². The van der Waals surface area contributed by atoms with Crippen LogP contribution in [0.3, 0.4) is 0 Å². The smallest absolute Gasteiger partial charge is 0.243 e. The molecule has 2 heterocycles. The number of para-hydroxylation sites is 2. The van der Waals surface area contributed by atoms with Gasteiger partial charge >= 0.3 is 0 Å². The second-order valence-electron chi connectivity index (χ2n) is 5.27. The molecule has 0 spiro atoms. The van der Waals surface area contributed by atoms with Crippen LogP contribution >= 0.6 is 11.3 Å². The highest BCUT2D eigenvalue weighted by atomic mass is 32.1. The minimum Gasteiger partial charge on any atom is -0.352 e. The molecule has 1 aliphatic heterocycles. The van der Waals surface area contributed by atoms with Gasteiger partial charge in [0.15, 0.2) is 0 Å². The van der Waals surface area contributed by atoms with E-state index < -0.39 is 0 Å². The van der Waals surface area contributed by atoms with E-state index in [0.717, 1.165) is 17.8 Å². The fraction of sp³-hybridized carbons (Fsp3) is 0.312. The van der Waals surface area contributed by atoms with E-state index in [0.29, 0.717) is 6.54 Å². The first-order valence-electron chi connectivity index (χ1n) is 7.14. The van der Waals surface area contributed by atoms with E-state index in [-0.39, 0.29) is 18.0 Å². The van der Waals surface area contributed by atoms with Crippen molar-refractivity contribution in [2.45, 2.75) is 25.4 Å². The van der Waals surface area contributed by atoms with Crippen molar-refractivity contribution in [2.24, 2.45) is 5.73 Å². The van der Waals surface area contributed by atoms with Crippen LogP contribution < -0.4 is 16.0 Å². The minimum absolute atomic E-state index is 0.0113. The van der Waals surface area contributed by atoms with Crippen molar-refractivity contribution in [3.63, 3.8) is 0 Å². The minimum atomic E-state index is -0.0152. The standard InChI is InChI=1S/C16H19N3OS/c1-2-12(17)16(11-7-8-21-10-11)19-9-15(20)18-13-5-3-4-6-14(13)19/h3-8,10,12,16H,2,9,17H2,1H3,(H,18,20). The Morgan fingerprint density at radius 2 is 2.19 bits per heavy atom. The molecule has 4 nitrogen and oxygen atoms in total. The molecule has 0 bridgehead atoms. The van der Waals surface area contributed by atoms with Gasteiger partial charge < -0.3 is 16.0 Å². The number of fused-ring (bicyclic) bond motifs is 1. The summed E-state index contributed by atoms with van der Waals surface area (Å²) in [4.78, 5) is 14.2. The predicted molar refractivity (Wildman–Crippen MR) is 87.7 cm³/mol. The van der Waals surface area contributed by atoms with Crippen LogP contribution in [-0.2, 0) is 4.79 Å². The van der Waals surface area contributed by atoms with Gasteiger partial charge in [0.25, 0.3) is 0 Å². The third-order valence-corrected chi connectivity index (χ3v) is 4.60. The van der Waals surface area contributed by atoms with E-state index in [1.807, 2.05) is 24.3 Å². The second kappa shape index (κ2) is 5.87. The van der Waals surface area contributed by atoms with Crippen molar-refractivity contribution < 1.29 is 4.79 Å². The van der Waals surface area contributed by atoms with Crippen LogP contribution in [0.15, 0.2) is 41.1 Å². The Morgan fingerprint density at radius 3 is 2.90 bits per heavy atom. The van der Waals surface area contributed by atoms with Gasteiger partial charge in [0.1, 0.15) is 0 Å². The van der Waals surface area contributed by atoms with Gasteiger partial charge in [-0.25, -0.2) is 0 Å². The zero-order valence-electron chi connectivity index (χ0n) is 12.0. The summed E-state index contributed by atoms with van der Waals surface area (Å²) in [5.41, 5.74) is 9.45. The van der Waals surface area contributed by atoms with Gasteiger partial charge in [0.2, 0.25) is 5.91 Å². The number of hydrogen-bond donors (Lipinski definition) is 2. The summed E-state index contributed by atoms with van der Waals surface area (Å²) >= 11 is 1.66. The lowest BCUT2D eigenvalue weighted by Crippen LogP contribution is -2.46. The summed E-state index contributed by atoms with van der Waals surface area (Å²) in [6, 6.07) is 10.00. The monoisotopic (exact) mass is 301 g/mol. The highest BCUT2D eigenvalue weighted by Gasteiger charge is 2.32. The number of amides is 1. The van der Waals surface area contributed by atoms with Gasteiger partial charge in [-0.15, -0.1) is 0 Å². The number of carbonyl (C=O) groups excluding carboxylic acids is 1. The Kier molecular flexibility index (Phi) is 3.94. The van der Waals surface area contributed by atoms with Gasteiger partial charge in [-0.05, 0) is 40.9 Å². The summed E-state index contributed by atoms with van der Waals surface area (Å²) in [7, 11) is 0. The molecule has 110 valence electrons. The third kappa shape index (κ3) is 2.66. The van der Waals surface area contributed by atoms with Crippen molar-refractivity contribution in [3.8, 4) is 0 Å². The van der Waals surface area contributed by atoms with Crippen molar-refractivity contribution in [1.82, 2.24) is 0 Å². The molecule has 0 fully saturated rings. The van der Waals surface area contributed by atoms with Gasteiger partial charge in [-0.2, -0.15) is 11.3 Å². The maximum Gasteiger partial charge on any atom is 0.243 e. The summed E-state index contributed by atoms with van der Waals surface area (Å²) in [6.07, 6.45) is 0.862. The first-order chi connectivity index (χ1) is 10.2. The summed E-state index contributed by atoms with van der Waals surface area (Å²) in [6.45, 7) is 2.42. The SMILES string of the molecule is CCC(N)C(c1ccsc1)N1CC(=O)Nc2ccccc21. The maximum absolute atomic E-state index is 12.0. The van der Waals surface area contributed by atoms with Gasteiger partial charge in [0.05, 0.1) is 24.0 Å². The van der Waals surface area contributed by atoms with E-state index in [9.17, 15) is 4.79 Å². The Hall–Kier alpha value is -1.85. The number of rotatable bonds is 4. The Bertz CT molecular complexity index is 626. The molecular weight excluding hydrogens is 282 g/mol. The summed E-state index contributed by atoms with van der Waals surface area (Å²) in [5, 5.41) is 7.10. The fourth-order valence-corrected chi connectivity index (χ4v) is 3.52. The maximum atomic E-state index is 12.0. The van der Waals surface area contributed by atoms with Crippen LogP contribution in [0.4, 0.5) is 11.4 Å². The topological polar surface area (TPSA) is 58.4 Å². The number of hydrogen-bond acceptors (Lipinski definition) is 4. The Morgan fingerprint density at radius 1 is 1.38 bits per heavy atom. The van der Waals surface area contributed by atoms with Crippen LogP contribution in [0.2, 0.25) is 0 Å². The van der Waals surface area contributed by atoms with Crippen molar-refractivity contribution in [3.05, 3.63) is 46.7 Å². The average Bonchev–Trinajstić information content (AvgIpc) is 3.01. The van der Waals surface area contributed by atoms with Crippen LogP contribution in [0.5, 0.6) is 0 Å². The van der Waals surface area contributed by atoms with E-state index in [1.54, 1.807) is 11.3 Å². The molecule has 2 unspecified atom stereocenters. The third-order valence-electron chi connectivity index (χ3n) is 3.90. The molecule has 0 radical (unpaired) electrons. The number of benzene rings is 1. The molecule has 5 heteroatoms. The normalized spacial score (nSPS) is 17.0. The molecule has 2 aromatic rings. The van der Waals surface area contributed by atoms with Gasteiger partial charge in [-0.1, -0.05) is 19.1 Å². The molecule has 1 aromatic heterocycles. The zero-order chi connectivity index (χ0) is 14.8. The molecule has 21 heavy (non-hydrogen) atoms. The number of nitrogens with two attached hydrogens (primary N) is 1.